The molecule has 0 radical (unpaired) electrons. The Kier molecular flexibility index (Phi) is 8.11. The van der Waals surface area contributed by atoms with Gasteiger partial charge in [0.05, 0.1) is 13.2 Å². The van der Waals surface area contributed by atoms with Gasteiger partial charge in [-0.1, -0.05) is 44.2 Å². The summed E-state index contributed by atoms with van der Waals surface area (Å²) in [4.78, 5) is 25.2. The molecule has 0 bridgehead atoms. The highest BCUT2D eigenvalue weighted by atomic mass is 16.6. The van der Waals surface area contributed by atoms with E-state index in [9.17, 15) is 14.7 Å². The lowest BCUT2D eigenvalue weighted by atomic mass is 10.00. The number of aliphatic hydroxyl groups is 1. The van der Waals surface area contributed by atoms with E-state index in [0.29, 0.717) is 6.42 Å². The summed E-state index contributed by atoms with van der Waals surface area (Å²) in [6.45, 7) is 4.42. The number of ether oxygens (including phenoxy) is 2. The number of amides is 1. The second-order valence-electron chi connectivity index (χ2n) is 4.95. The molecule has 1 N–H and O–H groups in total. The van der Waals surface area contributed by atoms with Gasteiger partial charge in [-0.05, 0) is 12.0 Å². The van der Waals surface area contributed by atoms with Crippen LogP contribution >= 0.6 is 0 Å². The number of hydrogen-bond acceptors (Lipinski definition) is 5. The molecule has 1 amide bonds. The molecule has 1 aromatic rings. The van der Waals surface area contributed by atoms with Gasteiger partial charge in [0.2, 0.25) is 0 Å². The number of hydrogen-bond donors (Lipinski definition) is 1. The van der Waals surface area contributed by atoms with Gasteiger partial charge in [-0.3, -0.25) is 4.90 Å². The summed E-state index contributed by atoms with van der Waals surface area (Å²) in [7, 11) is 1.26. The van der Waals surface area contributed by atoms with E-state index >= 15 is 0 Å². The zero-order chi connectivity index (χ0) is 17.2. The Labute approximate surface area is 137 Å². The molecule has 0 spiro atoms. The minimum atomic E-state index is -0.790. The van der Waals surface area contributed by atoms with Crippen LogP contribution in [0.2, 0.25) is 0 Å². The van der Waals surface area contributed by atoms with Crippen LogP contribution in [0.1, 0.15) is 32.3 Å². The number of rotatable bonds is 3. The van der Waals surface area contributed by atoms with E-state index < -0.39 is 24.2 Å². The van der Waals surface area contributed by atoms with Crippen LogP contribution in [0, 0.1) is 0 Å². The fourth-order valence-corrected chi connectivity index (χ4v) is 2.33. The van der Waals surface area contributed by atoms with Gasteiger partial charge in [-0.25, -0.2) is 9.59 Å². The molecule has 0 aliphatic carbocycles. The molecule has 1 aliphatic rings. The molecule has 6 heteroatoms. The van der Waals surface area contributed by atoms with E-state index in [0.717, 1.165) is 5.56 Å². The minimum absolute atomic E-state index is 0.145. The van der Waals surface area contributed by atoms with Crippen molar-refractivity contribution in [2.45, 2.75) is 45.4 Å². The fraction of sp³-hybridized carbons (Fsp3) is 0.529. The Balaban J connectivity index is 0.00000127. The Morgan fingerprint density at radius 3 is 2.52 bits per heavy atom. The minimum Gasteiger partial charge on any atom is -0.467 e. The standard InChI is InChI=1S/C15H19NO5.C2H6/c1-20-14(18)13-9-12(17)7-8-16(13)15(19)21-10-11-5-3-2-4-6-11;1-2/h2-6,12-13,17H,7-10H2,1H3;1-2H3. The van der Waals surface area contributed by atoms with E-state index in [4.69, 9.17) is 4.74 Å². The average Bonchev–Trinajstić information content (AvgIpc) is 2.61. The number of aliphatic hydroxyl groups excluding tert-OH is 1. The molecule has 23 heavy (non-hydrogen) atoms. The average molecular weight is 323 g/mol. The van der Waals surface area contributed by atoms with Gasteiger partial charge in [0, 0.05) is 13.0 Å². The van der Waals surface area contributed by atoms with Crippen LogP contribution in [0.25, 0.3) is 0 Å². The summed E-state index contributed by atoms with van der Waals surface area (Å²) < 4.78 is 9.91. The Hall–Kier alpha value is -2.08. The van der Waals surface area contributed by atoms with Crippen LogP contribution < -0.4 is 0 Å². The third kappa shape index (κ3) is 5.56. The maximum Gasteiger partial charge on any atom is 0.410 e. The van der Waals surface area contributed by atoms with Crippen molar-refractivity contribution >= 4 is 12.1 Å². The molecule has 1 aromatic carbocycles. The summed E-state index contributed by atoms with van der Waals surface area (Å²) in [6.07, 6.45) is -0.574. The number of likely N-dealkylation sites (tertiary alicyclic amines) is 1. The highest BCUT2D eigenvalue weighted by Crippen LogP contribution is 2.20. The van der Waals surface area contributed by atoms with Crippen molar-refractivity contribution in [1.82, 2.24) is 4.90 Å². The molecule has 0 saturated carbocycles. The zero-order valence-corrected chi connectivity index (χ0v) is 13.9. The number of piperidine rings is 1. The van der Waals surface area contributed by atoms with Crippen LogP contribution in [0.15, 0.2) is 30.3 Å². The number of methoxy groups -OCH3 is 1. The molecule has 2 rings (SSSR count). The third-order valence-electron chi connectivity index (χ3n) is 3.49. The number of esters is 1. The first-order valence-electron chi connectivity index (χ1n) is 7.85. The van der Waals surface area contributed by atoms with E-state index in [1.807, 2.05) is 44.2 Å². The summed E-state index contributed by atoms with van der Waals surface area (Å²) in [6, 6.07) is 8.51. The Morgan fingerprint density at radius 1 is 1.26 bits per heavy atom. The lowest BCUT2D eigenvalue weighted by molar-refractivity contribution is -0.149. The van der Waals surface area contributed by atoms with Crippen molar-refractivity contribution in [2.75, 3.05) is 13.7 Å². The van der Waals surface area contributed by atoms with Gasteiger partial charge in [-0.2, -0.15) is 0 Å². The quantitative estimate of drug-likeness (QED) is 0.864. The number of benzene rings is 1. The molecule has 2 atom stereocenters. The maximum absolute atomic E-state index is 12.1. The topological polar surface area (TPSA) is 76.1 Å². The van der Waals surface area contributed by atoms with Crippen LogP contribution in [-0.4, -0.2) is 47.9 Å². The number of nitrogens with zero attached hydrogens (tertiary/aromatic N) is 1. The second kappa shape index (κ2) is 9.84. The van der Waals surface area contributed by atoms with Crippen molar-refractivity contribution in [1.29, 1.82) is 0 Å². The maximum atomic E-state index is 12.1. The Morgan fingerprint density at radius 2 is 1.91 bits per heavy atom. The van der Waals surface area contributed by atoms with Crippen LogP contribution in [0.4, 0.5) is 4.79 Å². The zero-order valence-electron chi connectivity index (χ0n) is 13.9. The van der Waals surface area contributed by atoms with E-state index in [1.165, 1.54) is 12.0 Å². The van der Waals surface area contributed by atoms with Crippen molar-refractivity contribution in [2.24, 2.45) is 0 Å². The first-order valence-corrected chi connectivity index (χ1v) is 7.85. The molecule has 1 heterocycles. The van der Waals surface area contributed by atoms with Crippen molar-refractivity contribution in [3.8, 4) is 0 Å². The molecule has 0 aromatic heterocycles. The third-order valence-corrected chi connectivity index (χ3v) is 3.49. The number of carbonyl (C=O) groups is 2. The van der Waals surface area contributed by atoms with E-state index in [-0.39, 0.29) is 19.6 Å². The largest absolute Gasteiger partial charge is 0.467 e. The molecular weight excluding hydrogens is 298 g/mol. The van der Waals surface area contributed by atoms with Gasteiger partial charge in [0.25, 0.3) is 0 Å². The van der Waals surface area contributed by atoms with Gasteiger partial charge < -0.3 is 14.6 Å². The van der Waals surface area contributed by atoms with Gasteiger partial charge in [0.1, 0.15) is 12.6 Å². The smallest absolute Gasteiger partial charge is 0.410 e. The first-order chi connectivity index (χ1) is 11.1. The van der Waals surface area contributed by atoms with E-state index in [1.54, 1.807) is 0 Å². The summed E-state index contributed by atoms with van der Waals surface area (Å²) in [5.74, 6) is -0.537. The molecule has 1 fully saturated rings. The lowest BCUT2D eigenvalue weighted by Gasteiger charge is -2.35. The van der Waals surface area contributed by atoms with Crippen LogP contribution in [0.5, 0.6) is 0 Å². The van der Waals surface area contributed by atoms with Crippen LogP contribution in [0.3, 0.4) is 0 Å². The summed E-state index contributed by atoms with van der Waals surface area (Å²) in [5, 5.41) is 9.64. The van der Waals surface area contributed by atoms with Gasteiger partial charge >= 0.3 is 12.1 Å². The first kappa shape index (κ1) is 19.0. The van der Waals surface area contributed by atoms with Crippen molar-refractivity contribution in [3.63, 3.8) is 0 Å². The molecular formula is C17H25NO5. The lowest BCUT2D eigenvalue weighted by Crippen LogP contribution is -2.51. The highest BCUT2D eigenvalue weighted by molar-refractivity contribution is 5.81. The fourth-order valence-electron chi connectivity index (χ4n) is 2.33. The molecule has 6 nitrogen and oxygen atoms in total. The van der Waals surface area contributed by atoms with Crippen molar-refractivity contribution < 1.29 is 24.2 Å². The molecule has 128 valence electrons. The number of carbonyl (C=O) groups excluding carboxylic acids is 2. The summed E-state index contributed by atoms with van der Waals surface area (Å²) in [5.41, 5.74) is 0.873. The van der Waals surface area contributed by atoms with Crippen molar-refractivity contribution in [3.05, 3.63) is 35.9 Å². The molecule has 1 aliphatic heterocycles. The predicted molar refractivity (Wildman–Crippen MR) is 85.7 cm³/mol. The monoisotopic (exact) mass is 323 g/mol. The van der Waals surface area contributed by atoms with E-state index in [2.05, 4.69) is 4.74 Å². The van der Waals surface area contributed by atoms with Gasteiger partial charge in [-0.15, -0.1) is 0 Å². The second-order valence-corrected chi connectivity index (χ2v) is 4.95. The summed E-state index contributed by atoms with van der Waals surface area (Å²) >= 11 is 0. The van der Waals surface area contributed by atoms with Crippen LogP contribution in [-0.2, 0) is 20.9 Å². The molecule has 2 unspecified atom stereocenters. The predicted octanol–water partition coefficient (Wildman–Crippen LogP) is 2.35. The SMILES string of the molecule is CC.COC(=O)C1CC(O)CCN1C(=O)OCc1ccccc1. The normalized spacial score (nSPS) is 20.1. The molecule has 1 saturated heterocycles. The Bertz CT molecular complexity index is 491. The highest BCUT2D eigenvalue weighted by Gasteiger charge is 2.37. The van der Waals surface area contributed by atoms with Gasteiger partial charge in [0.15, 0.2) is 0 Å².